The van der Waals surface area contributed by atoms with Crippen molar-refractivity contribution in [3.63, 3.8) is 0 Å². The third-order valence-electron chi connectivity index (χ3n) is 4.41. The zero-order valence-corrected chi connectivity index (χ0v) is 11.3. The molecule has 2 atom stereocenters. The molecule has 0 bridgehead atoms. The van der Waals surface area contributed by atoms with Crippen LogP contribution in [0.4, 0.5) is 0 Å². The van der Waals surface area contributed by atoms with Crippen molar-refractivity contribution in [3.05, 3.63) is 29.8 Å². The number of rotatable bonds is 3. The van der Waals surface area contributed by atoms with Gasteiger partial charge in [-0.25, -0.2) is 0 Å². The molecule has 1 aromatic rings. The third-order valence-corrected chi connectivity index (χ3v) is 5.62. The molecule has 0 amide bonds. The normalized spacial score (nSPS) is 26.1. The van der Waals surface area contributed by atoms with Crippen molar-refractivity contribution in [1.29, 1.82) is 0 Å². The maximum absolute atomic E-state index is 3.61. The predicted molar refractivity (Wildman–Crippen MR) is 74.7 cm³/mol. The molecular formula is C15H21NS. The van der Waals surface area contributed by atoms with Gasteiger partial charge in [0.2, 0.25) is 0 Å². The van der Waals surface area contributed by atoms with E-state index in [0.717, 1.165) is 11.8 Å². The average Bonchev–Trinajstić information content (AvgIpc) is 3.01. The molecule has 2 aliphatic rings. The van der Waals surface area contributed by atoms with Gasteiger partial charge in [-0.3, -0.25) is 0 Å². The second-order valence-electron chi connectivity index (χ2n) is 5.31. The average molecular weight is 247 g/mol. The van der Waals surface area contributed by atoms with Gasteiger partial charge in [0.05, 0.1) is 0 Å². The quantitative estimate of drug-likeness (QED) is 0.875. The number of benzene rings is 1. The van der Waals surface area contributed by atoms with E-state index in [0.29, 0.717) is 6.04 Å². The minimum Gasteiger partial charge on any atom is -0.316 e. The van der Waals surface area contributed by atoms with Crippen molar-refractivity contribution in [2.24, 2.45) is 5.92 Å². The fourth-order valence-corrected chi connectivity index (χ4v) is 4.87. The van der Waals surface area contributed by atoms with E-state index in [1.165, 1.54) is 36.3 Å². The highest BCUT2D eigenvalue weighted by Crippen LogP contribution is 2.44. The lowest BCUT2D eigenvalue weighted by molar-refractivity contribution is 0.341. The summed E-state index contributed by atoms with van der Waals surface area (Å²) in [6.45, 7) is 0. The van der Waals surface area contributed by atoms with Crippen LogP contribution in [-0.2, 0) is 0 Å². The highest BCUT2D eigenvalue weighted by molar-refractivity contribution is 7.99. The number of likely N-dealkylation sites (N-methyl/N-ethyl adjacent to an activating group) is 1. The molecule has 0 saturated heterocycles. The van der Waals surface area contributed by atoms with Crippen molar-refractivity contribution < 1.29 is 0 Å². The van der Waals surface area contributed by atoms with Gasteiger partial charge in [-0.1, -0.05) is 31.0 Å². The highest BCUT2D eigenvalue weighted by atomic mass is 32.2. The van der Waals surface area contributed by atoms with Gasteiger partial charge in [-0.2, -0.15) is 0 Å². The van der Waals surface area contributed by atoms with E-state index in [4.69, 9.17) is 0 Å². The number of fused-ring (bicyclic) bond motifs is 1. The predicted octanol–water partition coefficient (Wildman–Crippen LogP) is 3.65. The summed E-state index contributed by atoms with van der Waals surface area (Å²) in [5, 5.41) is 3.61. The monoisotopic (exact) mass is 247 g/mol. The van der Waals surface area contributed by atoms with Gasteiger partial charge in [-0.05, 0) is 37.4 Å². The van der Waals surface area contributed by atoms with E-state index in [1.54, 1.807) is 5.56 Å². The van der Waals surface area contributed by atoms with Crippen LogP contribution in [0.25, 0.3) is 0 Å². The van der Waals surface area contributed by atoms with Gasteiger partial charge in [0.15, 0.2) is 0 Å². The van der Waals surface area contributed by atoms with Crippen molar-refractivity contribution in [2.75, 3.05) is 12.8 Å². The Labute approximate surface area is 108 Å². The maximum atomic E-state index is 3.61. The van der Waals surface area contributed by atoms with Gasteiger partial charge >= 0.3 is 0 Å². The van der Waals surface area contributed by atoms with E-state index in [2.05, 4.69) is 36.6 Å². The molecule has 1 nitrogen and oxygen atoms in total. The van der Waals surface area contributed by atoms with Crippen molar-refractivity contribution in [1.82, 2.24) is 5.32 Å². The summed E-state index contributed by atoms with van der Waals surface area (Å²) in [5.74, 6) is 2.89. The summed E-state index contributed by atoms with van der Waals surface area (Å²) >= 11 is 2.04. The Morgan fingerprint density at radius 2 is 2.00 bits per heavy atom. The fourth-order valence-electron chi connectivity index (χ4n) is 3.57. The molecule has 1 saturated carbocycles. The van der Waals surface area contributed by atoms with Crippen LogP contribution in [-0.4, -0.2) is 18.8 Å². The van der Waals surface area contributed by atoms with Gasteiger partial charge in [0.1, 0.15) is 0 Å². The van der Waals surface area contributed by atoms with Gasteiger partial charge in [0, 0.05) is 22.6 Å². The number of hydrogen-bond donors (Lipinski definition) is 1. The first kappa shape index (κ1) is 11.6. The Morgan fingerprint density at radius 1 is 1.24 bits per heavy atom. The van der Waals surface area contributed by atoms with Gasteiger partial charge in [-0.15, -0.1) is 11.8 Å². The van der Waals surface area contributed by atoms with E-state index in [1.807, 2.05) is 11.8 Å². The minimum absolute atomic E-state index is 0.689. The molecule has 1 aliphatic heterocycles. The van der Waals surface area contributed by atoms with E-state index in [9.17, 15) is 0 Å². The molecular weight excluding hydrogens is 226 g/mol. The molecule has 1 aliphatic carbocycles. The standard InChI is InChI=1S/C15H21NS/c1-16-15(11-6-2-3-7-11)13-10-17-14-9-5-4-8-12(13)14/h4-5,8-9,11,13,15-16H,2-3,6-7,10H2,1H3. The van der Waals surface area contributed by atoms with Gasteiger partial charge < -0.3 is 5.32 Å². The molecule has 1 aromatic carbocycles. The third kappa shape index (κ3) is 2.13. The van der Waals surface area contributed by atoms with Crippen LogP contribution in [0.3, 0.4) is 0 Å². The van der Waals surface area contributed by atoms with Crippen LogP contribution in [0.15, 0.2) is 29.2 Å². The first-order valence-electron chi connectivity index (χ1n) is 6.79. The van der Waals surface area contributed by atoms with Crippen molar-refractivity contribution in [2.45, 2.75) is 42.5 Å². The second-order valence-corrected chi connectivity index (χ2v) is 6.38. The van der Waals surface area contributed by atoms with Crippen molar-refractivity contribution >= 4 is 11.8 Å². The second kappa shape index (κ2) is 5.03. The Morgan fingerprint density at radius 3 is 2.76 bits per heavy atom. The summed E-state index contributed by atoms with van der Waals surface area (Å²) in [6.07, 6.45) is 5.72. The Hall–Kier alpha value is -0.470. The number of thioether (sulfide) groups is 1. The molecule has 1 heterocycles. The maximum Gasteiger partial charge on any atom is 0.0169 e. The lowest BCUT2D eigenvalue weighted by Crippen LogP contribution is -2.38. The summed E-state index contributed by atoms with van der Waals surface area (Å²) in [5.41, 5.74) is 1.59. The minimum atomic E-state index is 0.689. The molecule has 1 N–H and O–H groups in total. The Balaban J connectivity index is 1.84. The largest absolute Gasteiger partial charge is 0.316 e. The molecule has 17 heavy (non-hydrogen) atoms. The smallest absolute Gasteiger partial charge is 0.0169 e. The lowest BCUT2D eigenvalue weighted by atomic mass is 9.84. The molecule has 1 fully saturated rings. The molecule has 0 radical (unpaired) electrons. The van der Waals surface area contributed by atoms with Crippen LogP contribution in [0.5, 0.6) is 0 Å². The van der Waals surface area contributed by atoms with Crippen LogP contribution < -0.4 is 5.32 Å². The number of hydrogen-bond acceptors (Lipinski definition) is 2. The SMILES string of the molecule is CNC(C1CCCC1)C1CSc2ccccc21. The summed E-state index contributed by atoms with van der Waals surface area (Å²) in [6, 6.07) is 9.66. The summed E-state index contributed by atoms with van der Waals surface area (Å²) in [7, 11) is 2.15. The lowest BCUT2D eigenvalue weighted by Gasteiger charge is -2.29. The zero-order valence-electron chi connectivity index (χ0n) is 10.5. The van der Waals surface area contributed by atoms with Crippen LogP contribution in [0, 0.1) is 5.92 Å². The van der Waals surface area contributed by atoms with Crippen molar-refractivity contribution in [3.8, 4) is 0 Å². The van der Waals surface area contributed by atoms with Gasteiger partial charge in [0.25, 0.3) is 0 Å². The highest BCUT2D eigenvalue weighted by Gasteiger charge is 2.35. The first-order chi connectivity index (χ1) is 8.40. The topological polar surface area (TPSA) is 12.0 Å². The summed E-state index contributed by atoms with van der Waals surface area (Å²) < 4.78 is 0. The van der Waals surface area contributed by atoms with Crippen LogP contribution in [0.2, 0.25) is 0 Å². The molecule has 92 valence electrons. The Bertz CT molecular complexity index is 384. The molecule has 0 aromatic heterocycles. The van der Waals surface area contributed by atoms with E-state index in [-0.39, 0.29) is 0 Å². The molecule has 2 heteroatoms. The zero-order chi connectivity index (χ0) is 11.7. The molecule has 3 rings (SSSR count). The molecule has 0 spiro atoms. The van der Waals surface area contributed by atoms with Crippen LogP contribution in [0.1, 0.15) is 37.2 Å². The molecule has 2 unspecified atom stereocenters. The fraction of sp³-hybridized carbons (Fsp3) is 0.600. The number of nitrogens with one attached hydrogen (secondary N) is 1. The van der Waals surface area contributed by atoms with E-state index < -0.39 is 0 Å². The van der Waals surface area contributed by atoms with E-state index >= 15 is 0 Å². The van der Waals surface area contributed by atoms with Crippen LogP contribution >= 0.6 is 11.8 Å². The first-order valence-corrected chi connectivity index (χ1v) is 7.77. The summed E-state index contributed by atoms with van der Waals surface area (Å²) in [4.78, 5) is 1.51. The Kier molecular flexibility index (Phi) is 3.44.